The van der Waals surface area contributed by atoms with Gasteiger partial charge in [0, 0.05) is 74.3 Å². The van der Waals surface area contributed by atoms with Crippen LogP contribution in [0.15, 0.2) is 146 Å². The number of anilines is 7. The number of carbonyl (C=O) groups excluding carboxylic acids is 5. The van der Waals surface area contributed by atoms with Gasteiger partial charge in [0.05, 0.1) is 44.7 Å². The Morgan fingerprint density at radius 1 is 0.447 bits per heavy atom. The Bertz CT molecular complexity index is 4040. The van der Waals surface area contributed by atoms with Crippen LogP contribution in [0.25, 0.3) is 0 Å². The lowest BCUT2D eigenvalue weighted by molar-refractivity contribution is -0.185. The molecule has 0 spiro atoms. The lowest BCUT2D eigenvalue weighted by atomic mass is 10.0. The van der Waals surface area contributed by atoms with Gasteiger partial charge in [0.15, 0.2) is 0 Å². The van der Waals surface area contributed by atoms with Crippen LogP contribution in [-0.4, -0.2) is 95.2 Å². The van der Waals surface area contributed by atoms with Crippen molar-refractivity contribution in [3.8, 4) is 12.1 Å². The highest BCUT2D eigenvalue weighted by molar-refractivity contribution is 6.33. The molecule has 2 heterocycles. The number of nitrogens with one attached hydrogen (secondary N) is 5. The minimum atomic E-state index is -4.89. The summed E-state index contributed by atoms with van der Waals surface area (Å²) in [5.74, 6) is -3.61. The fourth-order valence-corrected chi connectivity index (χ4v) is 10.1. The Labute approximate surface area is 607 Å². The van der Waals surface area contributed by atoms with Crippen molar-refractivity contribution in [1.82, 2.24) is 9.80 Å². The van der Waals surface area contributed by atoms with E-state index in [0.717, 1.165) is 48.7 Å². The third kappa shape index (κ3) is 30.0. The number of rotatable bonds is 10. The van der Waals surface area contributed by atoms with Crippen molar-refractivity contribution < 1.29 is 64.5 Å². The number of carbonyl (C=O) groups is 5. The van der Waals surface area contributed by atoms with Gasteiger partial charge in [0.2, 0.25) is 0 Å². The zero-order valence-electron chi connectivity index (χ0n) is 57.9. The highest BCUT2D eigenvalue weighted by Crippen LogP contribution is 2.35. The second-order valence-corrected chi connectivity index (χ2v) is 26.9. The van der Waals surface area contributed by atoms with E-state index < -0.39 is 59.2 Å². The molecule has 103 heavy (non-hydrogen) atoms. The van der Waals surface area contributed by atoms with Crippen LogP contribution in [0.5, 0.6) is 0 Å². The van der Waals surface area contributed by atoms with E-state index in [2.05, 4.69) is 26.6 Å². The SMILES string of the molecule is C.CC(C)(C)OC(=O)Nc1ccc(C#N)cc1.CC(C)(C)OC(=O)Nc1ccc(CN)cc1.CC(C)(C)OC(=O)Nc1ccc(CNc2c(Cl)ccc3c2CCN(C(=O)C(F)(F)F)CC3)cc1.N#Cc1ccc(N)cc1.Nc1ccc(CNc2c(Cl)ccc3c2CCN(C(=O)C(F)(F)F)CC3)cc1. The van der Waals surface area contributed by atoms with E-state index in [1.165, 1.54) is 0 Å². The van der Waals surface area contributed by atoms with Crippen LogP contribution in [0.1, 0.15) is 120 Å². The van der Waals surface area contributed by atoms with Gasteiger partial charge < -0.3 is 51.8 Å². The van der Waals surface area contributed by atoms with E-state index in [1.54, 1.807) is 145 Å². The Morgan fingerprint density at radius 2 is 0.728 bits per heavy atom. The Kier molecular flexibility index (Phi) is 31.8. The number of nitriles is 2. The van der Waals surface area contributed by atoms with Gasteiger partial charge in [0.1, 0.15) is 16.8 Å². The number of nitrogen functional groups attached to an aromatic ring is 2. The number of nitrogens with zero attached hydrogens (tertiary/aromatic N) is 4. The van der Waals surface area contributed by atoms with Gasteiger partial charge in [-0.2, -0.15) is 36.9 Å². The Morgan fingerprint density at radius 3 is 1.03 bits per heavy atom. The third-order valence-corrected chi connectivity index (χ3v) is 15.0. The van der Waals surface area contributed by atoms with Gasteiger partial charge in [0.25, 0.3) is 0 Å². The van der Waals surface area contributed by atoms with Gasteiger partial charge in [-0.15, -0.1) is 0 Å². The number of hydrogen-bond donors (Lipinski definition) is 8. The zero-order valence-corrected chi connectivity index (χ0v) is 59.5. The summed E-state index contributed by atoms with van der Waals surface area (Å²) in [5, 5.41) is 32.3. The number of fused-ring (bicyclic) bond motifs is 2. The molecule has 9 rings (SSSR count). The van der Waals surface area contributed by atoms with Crippen molar-refractivity contribution in [3.05, 3.63) is 206 Å². The zero-order chi connectivity index (χ0) is 75.8. The van der Waals surface area contributed by atoms with Crippen LogP contribution >= 0.6 is 23.2 Å². The van der Waals surface area contributed by atoms with Crippen molar-refractivity contribution >= 4 is 93.1 Å². The highest BCUT2D eigenvalue weighted by atomic mass is 35.5. The first-order valence-electron chi connectivity index (χ1n) is 32.0. The highest BCUT2D eigenvalue weighted by Gasteiger charge is 2.44. The average molecular weight is 1470 g/mol. The molecule has 0 atom stereocenters. The fraction of sp³-hybridized carbons (Fsp3) is 0.347. The van der Waals surface area contributed by atoms with Gasteiger partial charge in [-0.3, -0.25) is 25.5 Å². The smallest absolute Gasteiger partial charge is 0.444 e. The van der Waals surface area contributed by atoms with Gasteiger partial charge in [-0.05, 0) is 224 Å². The van der Waals surface area contributed by atoms with Crippen molar-refractivity contribution in [2.75, 3.05) is 64.2 Å². The number of halogens is 8. The molecule has 0 unspecified atom stereocenters. The molecule has 0 bridgehead atoms. The molecule has 28 heteroatoms. The summed E-state index contributed by atoms with van der Waals surface area (Å²) in [6, 6.07) is 46.3. The number of alkyl halides is 6. The first-order chi connectivity index (χ1) is 47.7. The normalized spacial score (nSPS) is 12.5. The first-order valence-corrected chi connectivity index (χ1v) is 32.8. The predicted octanol–water partition coefficient (Wildman–Crippen LogP) is 17.0. The maximum absolute atomic E-state index is 12.9. The predicted molar refractivity (Wildman–Crippen MR) is 392 cm³/mol. The van der Waals surface area contributed by atoms with Crippen LogP contribution in [0.3, 0.4) is 0 Å². The number of ether oxygens (including phenoxy) is 3. The van der Waals surface area contributed by atoms with Crippen LogP contribution in [0.4, 0.5) is 80.5 Å². The molecule has 0 fully saturated rings. The molecule has 552 valence electrons. The average Bonchev–Trinajstić information content (AvgIpc) is 1.75. The monoisotopic (exact) mass is 1470 g/mol. The molecule has 2 aliphatic rings. The van der Waals surface area contributed by atoms with E-state index in [0.29, 0.717) is 99.9 Å². The van der Waals surface area contributed by atoms with Crippen LogP contribution < -0.4 is 43.8 Å². The van der Waals surface area contributed by atoms with Gasteiger partial charge >= 0.3 is 42.4 Å². The molecule has 0 aliphatic carbocycles. The number of nitrogens with two attached hydrogens (primary N) is 3. The number of amides is 5. The molecule has 0 saturated carbocycles. The van der Waals surface area contributed by atoms with Crippen molar-refractivity contribution in [1.29, 1.82) is 10.5 Å². The minimum absolute atomic E-state index is 0. The maximum Gasteiger partial charge on any atom is 0.471 e. The summed E-state index contributed by atoms with van der Waals surface area (Å²) in [7, 11) is 0. The largest absolute Gasteiger partial charge is 0.471 e. The van der Waals surface area contributed by atoms with Crippen LogP contribution in [-0.2, 0) is 69.1 Å². The lowest BCUT2D eigenvalue weighted by Crippen LogP contribution is -2.42. The Hall–Kier alpha value is -10.4. The summed E-state index contributed by atoms with van der Waals surface area (Å²) in [4.78, 5) is 59.6. The summed E-state index contributed by atoms with van der Waals surface area (Å²) in [5.41, 5.74) is 27.1. The standard InChI is InChI=1S/C24H27ClF3N3O3.C19H19ClF3N3O.C12H18N2O2.C12H14N2O2.C7H6N2.CH4/c1-23(2,3)34-22(33)30-17-7-4-15(5-8-17)14-29-20-18-11-13-31(21(32)24(26,27)28)12-10-16(18)6-9-19(20)25;20-16-6-3-13-7-9-26(18(27)19(21,22)23)10-8-15(13)17(16)25-11-12-1-4-14(24)5-2-12;2*1-12(2,3)16-11(15)14-10-6-4-9(8-13)5-7-10;8-5-6-1-3-7(9)4-2-6;/h4-9,29H,10-14H2,1-3H3,(H,30,33);1-6,25H,7-11,24H2;4-7H,8,13H2,1-3H3,(H,14,15);4-7H,1-3H3,(H,14,15);1-4H,9H2;1H4. The number of hydrogen-bond acceptors (Lipinski definition) is 15. The van der Waals surface area contributed by atoms with Gasteiger partial charge in [-0.25, -0.2) is 14.4 Å². The topological polar surface area (TPSA) is 305 Å². The summed E-state index contributed by atoms with van der Waals surface area (Å²) < 4.78 is 92.3. The first kappa shape index (κ1) is 85.0. The molecule has 0 radical (unpaired) electrons. The molecule has 20 nitrogen and oxygen atoms in total. The molecular weight excluding hydrogens is 1380 g/mol. The van der Waals surface area contributed by atoms with E-state index in [-0.39, 0.29) is 40.0 Å². The van der Waals surface area contributed by atoms with Crippen molar-refractivity contribution in [3.63, 3.8) is 0 Å². The molecule has 7 aromatic rings. The second kappa shape index (κ2) is 38.6. The molecule has 7 aromatic carbocycles. The van der Waals surface area contributed by atoms with Crippen molar-refractivity contribution in [2.45, 2.75) is 144 Å². The summed E-state index contributed by atoms with van der Waals surface area (Å²) in [6.45, 7) is 17.6. The van der Waals surface area contributed by atoms with E-state index in [1.807, 2.05) is 75.4 Å². The summed E-state index contributed by atoms with van der Waals surface area (Å²) >= 11 is 12.7. The molecular formula is C75H88Cl2F6N12O8. The van der Waals surface area contributed by atoms with E-state index in [4.69, 9.17) is 65.1 Å². The summed E-state index contributed by atoms with van der Waals surface area (Å²) in [6.07, 6.45) is -10.0. The fourth-order valence-electron chi connectivity index (χ4n) is 9.64. The van der Waals surface area contributed by atoms with Crippen LogP contribution in [0, 0.1) is 22.7 Å². The number of benzene rings is 7. The maximum atomic E-state index is 12.9. The third-order valence-electron chi connectivity index (χ3n) is 14.4. The van der Waals surface area contributed by atoms with Crippen molar-refractivity contribution in [2.24, 2.45) is 5.73 Å². The van der Waals surface area contributed by atoms with Gasteiger partial charge in [-0.1, -0.05) is 79.2 Å². The van der Waals surface area contributed by atoms with E-state index in [9.17, 15) is 50.3 Å². The minimum Gasteiger partial charge on any atom is -0.444 e. The lowest BCUT2D eigenvalue weighted by Gasteiger charge is -2.21. The Balaban J connectivity index is 0.000000290. The molecule has 5 amide bonds. The molecule has 0 saturated heterocycles. The molecule has 2 aliphatic heterocycles. The second-order valence-electron chi connectivity index (χ2n) is 26.1. The van der Waals surface area contributed by atoms with Crippen LogP contribution in [0.2, 0.25) is 10.0 Å². The molecule has 0 aromatic heterocycles. The van der Waals surface area contributed by atoms with E-state index >= 15 is 0 Å². The quantitative estimate of drug-likeness (QED) is 0.0359. The molecule has 11 N–H and O–H groups in total.